The van der Waals surface area contributed by atoms with E-state index in [2.05, 4.69) is 20.9 Å². The van der Waals surface area contributed by atoms with Crippen molar-refractivity contribution in [3.8, 4) is 5.75 Å². The van der Waals surface area contributed by atoms with E-state index in [1.807, 2.05) is 31.1 Å². The Labute approximate surface area is 120 Å². The Morgan fingerprint density at radius 1 is 1.21 bits per heavy atom. The fourth-order valence-corrected chi connectivity index (χ4v) is 1.83. The maximum atomic E-state index is 12.0. The van der Waals surface area contributed by atoms with E-state index in [1.165, 1.54) is 0 Å². The van der Waals surface area contributed by atoms with Gasteiger partial charge in [0.05, 0.1) is 10.0 Å². The molecule has 1 aromatic carbocycles. The van der Waals surface area contributed by atoms with Crippen LogP contribution in [0.25, 0.3) is 0 Å². The number of carbonyl (C=O) groups excluding carboxylic acids is 1. The summed E-state index contributed by atoms with van der Waals surface area (Å²) in [6.07, 6.45) is 3.15. The number of carbonyl (C=O) groups is 1. The van der Waals surface area contributed by atoms with Crippen molar-refractivity contribution in [1.29, 1.82) is 0 Å². The average Bonchev–Trinajstić information content (AvgIpc) is 2.41. The monoisotopic (exact) mass is 320 g/mol. The van der Waals surface area contributed by atoms with E-state index < -0.39 is 5.97 Å². The average molecular weight is 321 g/mol. The summed E-state index contributed by atoms with van der Waals surface area (Å²) < 4.78 is 5.94. The summed E-state index contributed by atoms with van der Waals surface area (Å²) >= 11 is 3.28. The first-order valence-electron chi connectivity index (χ1n) is 5.67. The van der Waals surface area contributed by atoms with E-state index in [0.717, 1.165) is 5.69 Å². The Balaban J connectivity index is 2.14. The Morgan fingerprint density at radius 2 is 1.89 bits per heavy atom. The van der Waals surface area contributed by atoms with Crippen LogP contribution < -0.4 is 9.64 Å². The zero-order valence-corrected chi connectivity index (χ0v) is 12.2. The molecule has 2 rings (SSSR count). The lowest BCUT2D eigenvalue weighted by Gasteiger charge is -2.12. The van der Waals surface area contributed by atoms with Gasteiger partial charge in [-0.1, -0.05) is 0 Å². The number of hydrogen-bond donors (Lipinski definition) is 0. The van der Waals surface area contributed by atoms with Crippen LogP contribution in [0, 0.1) is 0 Å². The minimum atomic E-state index is -0.391. The van der Waals surface area contributed by atoms with Crippen molar-refractivity contribution in [1.82, 2.24) is 4.98 Å². The Hall–Kier alpha value is -1.88. The Kier molecular flexibility index (Phi) is 4.16. The molecule has 0 atom stereocenters. The predicted octanol–water partition coefficient (Wildman–Crippen LogP) is 3.13. The molecular formula is C14H13BrN2O2. The quantitative estimate of drug-likeness (QED) is 0.815. The van der Waals surface area contributed by atoms with E-state index >= 15 is 0 Å². The molecule has 0 fully saturated rings. The number of pyridine rings is 1. The predicted molar refractivity (Wildman–Crippen MR) is 77.7 cm³/mol. The number of halogens is 1. The highest BCUT2D eigenvalue weighted by Gasteiger charge is 2.10. The van der Waals surface area contributed by atoms with Gasteiger partial charge in [0.25, 0.3) is 0 Å². The molecule has 5 heteroatoms. The second-order valence-corrected chi connectivity index (χ2v) is 4.99. The number of esters is 1. The fourth-order valence-electron chi connectivity index (χ4n) is 1.50. The molecule has 98 valence electrons. The summed E-state index contributed by atoms with van der Waals surface area (Å²) in [6.45, 7) is 0. The maximum absolute atomic E-state index is 12.0. The van der Waals surface area contributed by atoms with Crippen molar-refractivity contribution in [3.05, 3.63) is 52.8 Å². The minimum absolute atomic E-state index is 0.391. The van der Waals surface area contributed by atoms with Gasteiger partial charge in [-0.3, -0.25) is 4.98 Å². The van der Waals surface area contributed by atoms with Gasteiger partial charge in [-0.15, -0.1) is 0 Å². The van der Waals surface area contributed by atoms with Gasteiger partial charge >= 0.3 is 5.97 Å². The van der Waals surface area contributed by atoms with Crippen LogP contribution in [-0.2, 0) is 0 Å². The first-order valence-corrected chi connectivity index (χ1v) is 6.46. The number of nitrogens with zero attached hydrogens (tertiary/aromatic N) is 2. The third-order valence-electron chi connectivity index (χ3n) is 2.56. The second kappa shape index (κ2) is 5.84. The van der Waals surface area contributed by atoms with Crippen LogP contribution in [0.3, 0.4) is 0 Å². The van der Waals surface area contributed by atoms with Crippen LogP contribution in [0.5, 0.6) is 5.75 Å². The SMILES string of the molecule is CN(C)c1ccc(C(=O)Oc2ccncc2Br)cc1. The van der Waals surface area contributed by atoms with Gasteiger partial charge in [-0.25, -0.2) is 4.79 Å². The number of rotatable bonds is 3. The largest absolute Gasteiger partial charge is 0.422 e. The number of benzene rings is 1. The number of ether oxygens (including phenoxy) is 1. The molecule has 2 aromatic rings. The Morgan fingerprint density at radius 3 is 2.47 bits per heavy atom. The summed E-state index contributed by atoms with van der Waals surface area (Å²) in [7, 11) is 3.89. The molecule has 0 aliphatic carbocycles. The van der Waals surface area contributed by atoms with E-state index in [4.69, 9.17) is 4.74 Å². The second-order valence-electron chi connectivity index (χ2n) is 4.14. The van der Waals surface area contributed by atoms with E-state index in [9.17, 15) is 4.79 Å². The molecule has 19 heavy (non-hydrogen) atoms. The van der Waals surface area contributed by atoms with Gasteiger partial charge in [-0.05, 0) is 40.2 Å². The van der Waals surface area contributed by atoms with Crippen LogP contribution in [0.2, 0.25) is 0 Å². The highest BCUT2D eigenvalue weighted by molar-refractivity contribution is 9.10. The molecule has 0 aliphatic heterocycles. The molecular weight excluding hydrogens is 308 g/mol. The van der Waals surface area contributed by atoms with Crippen LogP contribution in [0.15, 0.2) is 47.2 Å². The van der Waals surface area contributed by atoms with Crippen LogP contribution >= 0.6 is 15.9 Å². The normalized spacial score (nSPS) is 10.1. The molecule has 0 unspecified atom stereocenters. The summed E-state index contributed by atoms with van der Waals surface area (Å²) in [5.41, 5.74) is 1.54. The van der Waals surface area contributed by atoms with Gasteiger partial charge in [-0.2, -0.15) is 0 Å². The third-order valence-corrected chi connectivity index (χ3v) is 3.15. The molecule has 0 N–H and O–H groups in total. The van der Waals surface area contributed by atoms with Crippen molar-refractivity contribution in [2.24, 2.45) is 0 Å². The zero-order chi connectivity index (χ0) is 13.8. The lowest BCUT2D eigenvalue weighted by atomic mass is 10.2. The molecule has 1 heterocycles. The van der Waals surface area contributed by atoms with Gasteiger partial charge in [0.1, 0.15) is 5.75 Å². The molecule has 0 saturated carbocycles. The van der Waals surface area contributed by atoms with Crippen molar-refractivity contribution >= 4 is 27.6 Å². The van der Waals surface area contributed by atoms with E-state index in [-0.39, 0.29) is 0 Å². The molecule has 0 spiro atoms. The summed E-state index contributed by atoms with van der Waals surface area (Å²) in [5, 5.41) is 0. The molecule has 0 aliphatic rings. The maximum Gasteiger partial charge on any atom is 0.343 e. The van der Waals surface area contributed by atoms with Crippen molar-refractivity contribution in [3.63, 3.8) is 0 Å². The van der Waals surface area contributed by atoms with Crippen molar-refractivity contribution in [2.45, 2.75) is 0 Å². The highest BCUT2D eigenvalue weighted by Crippen LogP contribution is 2.24. The first kappa shape index (κ1) is 13.5. The van der Waals surface area contributed by atoms with Gasteiger partial charge in [0, 0.05) is 38.2 Å². The number of anilines is 1. The topological polar surface area (TPSA) is 42.4 Å². The molecule has 4 nitrogen and oxygen atoms in total. The number of aromatic nitrogens is 1. The molecule has 0 amide bonds. The van der Waals surface area contributed by atoms with Gasteiger partial charge < -0.3 is 9.64 Å². The van der Waals surface area contributed by atoms with Gasteiger partial charge in [0.15, 0.2) is 0 Å². The van der Waals surface area contributed by atoms with Crippen LogP contribution in [0.1, 0.15) is 10.4 Å². The van der Waals surface area contributed by atoms with Crippen molar-refractivity contribution in [2.75, 3.05) is 19.0 Å². The van der Waals surface area contributed by atoms with Gasteiger partial charge in [0.2, 0.25) is 0 Å². The highest BCUT2D eigenvalue weighted by atomic mass is 79.9. The number of hydrogen-bond acceptors (Lipinski definition) is 4. The lowest BCUT2D eigenvalue weighted by Crippen LogP contribution is -2.11. The Bertz CT molecular complexity index is 582. The summed E-state index contributed by atoms with van der Waals surface area (Å²) in [6, 6.07) is 8.87. The minimum Gasteiger partial charge on any atom is -0.422 e. The lowest BCUT2D eigenvalue weighted by molar-refractivity contribution is 0.0733. The third kappa shape index (κ3) is 3.32. The fraction of sp³-hybridized carbons (Fsp3) is 0.143. The van der Waals surface area contributed by atoms with E-state index in [1.54, 1.807) is 30.6 Å². The molecule has 0 bridgehead atoms. The van der Waals surface area contributed by atoms with E-state index in [0.29, 0.717) is 15.8 Å². The van der Waals surface area contributed by atoms with Crippen LogP contribution in [0.4, 0.5) is 5.69 Å². The van der Waals surface area contributed by atoms with Crippen LogP contribution in [-0.4, -0.2) is 25.0 Å². The molecule has 0 saturated heterocycles. The first-order chi connectivity index (χ1) is 9.08. The smallest absolute Gasteiger partial charge is 0.343 e. The summed E-state index contributed by atoms with van der Waals surface area (Å²) in [4.78, 5) is 17.8. The van der Waals surface area contributed by atoms with Crippen molar-refractivity contribution < 1.29 is 9.53 Å². The molecule has 0 radical (unpaired) electrons. The standard InChI is InChI=1S/C14H13BrN2O2/c1-17(2)11-5-3-10(4-6-11)14(18)19-13-7-8-16-9-12(13)15/h3-9H,1-2H3. The zero-order valence-electron chi connectivity index (χ0n) is 10.6. The summed E-state index contributed by atoms with van der Waals surface area (Å²) in [5.74, 6) is 0.0638. The molecule has 1 aromatic heterocycles.